The molecule has 3 aromatic carbocycles. The summed E-state index contributed by atoms with van der Waals surface area (Å²) in [6.45, 7) is 0.861. The molecule has 7 heteroatoms. The predicted molar refractivity (Wildman–Crippen MR) is 130 cm³/mol. The zero-order valence-electron chi connectivity index (χ0n) is 18.8. The van der Waals surface area contributed by atoms with E-state index in [1.807, 2.05) is 72.8 Å². The lowest BCUT2D eigenvalue weighted by atomic mass is 10.1. The van der Waals surface area contributed by atoms with Gasteiger partial charge in [0.25, 0.3) is 5.91 Å². The van der Waals surface area contributed by atoms with Crippen LogP contribution in [0.25, 0.3) is 0 Å². The second-order valence-corrected chi connectivity index (χ2v) is 8.00. The largest absolute Gasteiger partial charge is 0.465 e. The molecule has 0 radical (unpaired) electrons. The van der Waals surface area contributed by atoms with Crippen LogP contribution in [0.2, 0.25) is 0 Å². The first-order chi connectivity index (χ1) is 16.6. The average Bonchev–Trinajstić information content (AvgIpc) is 2.86. The number of para-hydroxylation sites is 2. The molecule has 0 aliphatic carbocycles. The van der Waals surface area contributed by atoms with Gasteiger partial charge in [-0.2, -0.15) is 0 Å². The van der Waals surface area contributed by atoms with E-state index in [9.17, 15) is 14.4 Å². The van der Waals surface area contributed by atoms with Crippen molar-refractivity contribution in [2.45, 2.75) is 18.9 Å². The highest BCUT2D eigenvalue weighted by Gasteiger charge is 2.36. The molecule has 2 N–H and O–H groups in total. The summed E-state index contributed by atoms with van der Waals surface area (Å²) in [5, 5.41) is 6.02. The third-order valence-corrected chi connectivity index (χ3v) is 5.66. The van der Waals surface area contributed by atoms with Crippen LogP contribution in [0.1, 0.15) is 22.3 Å². The van der Waals surface area contributed by atoms with Gasteiger partial charge in [-0.15, -0.1) is 0 Å². The lowest BCUT2D eigenvalue weighted by molar-refractivity contribution is -0.147. The van der Waals surface area contributed by atoms with Gasteiger partial charge in [-0.25, -0.2) is 0 Å². The number of rotatable bonds is 8. The topological polar surface area (TPSA) is 87.7 Å². The van der Waals surface area contributed by atoms with Crippen molar-refractivity contribution in [1.29, 1.82) is 0 Å². The molecule has 34 heavy (non-hydrogen) atoms. The summed E-state index contributed by atoms with van der Waals surface area (Å²) >= 11 is 0. The van der Waals surface area contributed by atoms with Crippen molar-refractivity contribution in [3.8, 4) is 0 Å². The molecule has 0 saturated carbocycles. The Kier molecular flexibility index (Phi) is 7.55. The number of hydrogen-bond acceptors (Lipinski definition) is 5. The van der Waals surface area contributed by atoms with Gasteiger partial charge in [0, 0.05) is 25.2 Å². The highest BCUT2D eigenvalue weighted by atomic mass is 16.5. The number of carbonyl (C=O) groups is 3. The number of benzene rings is 3. The SMILES string of the molecule is O=C(CC1C(=O)NCCN1C(=O)c1ccccc1Nc1ccccc1)OCCc1ccccc1. The van der Waals surface area contributed by atoms with E-state index in [-0.39, 0.29) is 24.8 Å². The Hall–Kier alpha value is -4.13. The Morgan fingerprint density at radius 2 is 1.62 bits per heavy atom. The van der Waals surface area contributed by atoms with Crippen LogP contribution in [-0.2, 0) is 20.7 Å². The smallest absolute Gasteiger partial charge is 0.308 e. The molecule has 1 aliphatic heterocycles. The number of piperazine rings is 1. The number of ether oxygens (including phenoxy) is 1. The van der Waals surface area contributed by atoms with Gasteiger partial charge in [0.1, 0.15) is 6.04 Å². The average molecular weight is 458 g/mol. The van der Waals surface area contributed by atoms with Crippen molar-refractivity contribution in [2.75, 3.05) is 25.0 Å². The third-order valence-electron chi connectivity index (χ3n) is 5.66. The third kappa shape index (κ3) is 5.81. The van der Waals surface area contributed by atoms with E-state index in [0.717, 1.165) is 11.3 Å². The predicted octanol–water partition coefficient (Wildman–Crippen LogP) is 3.55. The molecule has 4 rings (SSSR count). The number of nitrogens with zero attached hydrogens (tertiary/aromatic N) is 1. The number of anilines is 2. The van der Waals surface area contributed by atoms with Gasteiger partial charge in [0.15, 0.2) is 0 Å². The fraction of sp³-hybridized carbons (Fsp3) is 0.222. The number of esters is 1. The van der Waals surface area contributed by atoms with Gasteiger partial charge in [-0.05, 0) is 29.8 Å². The van der Waals surface area contributed by atoms with Crippen LogP contribution < -0.4 is 10.6 Å². The molecule has 174 valence electrons. The Morgan fingerprint density at radius 1 is 0.941 bits per heavy atom. The normalized spacial score (nSPS) is 15.4. The number of carbonyl (C=O) groups excluding carboxylic acids is 3. The van der Waals surface area contributed by atoms with Gasteiger partial charge in [-0.3, -0.25) is 14.4 Å². The fourth-order valence-electron chi connectivity index (χ4n) is 3.92. The van der Waals surface area contributed by atoms with Crippen LogP contribution in [0.15, 0.2) is 84.9 Å². The lowest BCUT2D eigenvalue weighted by Crippen LogP contribution is -2.57. The first kappa shape index (κ1) is 23.0. The Balaban J connectivity index is 1.44. The van der Waals surface area contributed by atoms with Crippen molar-refractivity contribution < 1.29 is 19.1 Å². The second kappa shape index (κ2) is 11.1. The van der Waals surface area contributed by atoms with Crippen LogP contribution in [-0.4, -0.2) is 48.4 Å². The van der Waals surface area contributed by atoms with Crippen molar-refractivity contribution in [2.24, 2.45) is 0 Å². The van der Waals surface area contributed by atoms with E-state index >= 15 is 0 Å². The monoisotopic (exact) mass is 457 g/mol. The number of hydrogen-bond donors (Lipinski definition) is 2. The molecule has 0 spiro atoms. The van der Waals surface area contributed by atoms with E-state index < -0.39 is 12.0 Å². The van der Waals surface area contributed by atoms with Crippen LogP contribution in [0, 0.1) is 0 Å². The Labute approximate surface area is 198 Å². The van der Waals surface area contributed by atoms with Gasteiger partial charge < -0.3 is 20.3 Å². The van der Waals surface area contributed by atoms with E-state index in [0.29, 0.717) is 30.8 Å². The molecule has 1 unspecified atom stereocenters. The molecule has 1 atom stereocenters. The zero-order chi connectivity index (χ0) is 23.8. The first-order valence-corrected chi connectivity index (χ1v) is 11.3. The lowest BCUT2D eigenvalue weighted by Gasteiger charge is -2.35. The van der Waals surface area contributed by atoms with E-state index in [1.165, 1.54) is 4.90 Å². The van der Waals surface area contributed by atoms with Crippen molar-refractivity contribution in [3.05, 3.63) is 96.1 Å². The summed E-state index contributed by atoms with van der Waals surface area (Å²) < 4.78 is 5.36. The molecule has 1 saturated heterocycles. The van der Waals surface area contributed by atoms with Gasteiger partial charge in [-0.1, -0.05) is 60.7 Å². The molecule has 1 fully saturated rings. The highest BCUT2D eigenvalue weighted by Crippen LogP contribution is 2.24. The standard InChI is InChI=1S/C27H27N3O4/c31-25(34-18-15-20-9-3-1-4-10-20)19-24-26(32)28-16-17-30(24)27(33)22-13-7-8-14-23(22)29-21-11-5-2-6-12-21/h1-14,24,29H,15-19H2,(H,28,32). The molecule has 0 aromatic heterocycles. The molecule has 1 heterocycles. The summed E-state index contributed by atoms with van der Waals surface area (Å²) in [7, 11) is 0. The van der Waals surface area contributed by atoms with Gasteiger partial charge in [0.05, 0.1) is 24.3 Å². The van der Waals surface area contributed by atoms with E-state index in [4.69, 9.17) is 4.74 Å². The molecule has 1 aliphatic rings. The van der Waals surface area contributed by atoms with Crippen LogP contribution >= 0.6 is 0 Å². The summed E-state index contributed by atoms with van der Waals surface area (Å²) in [5.41, 5.74) is 2.97. The minimum absolute atomic E-state index is 0.194. The quantitative estimate of drug-likeness (QED) is 0.505. The van der Waals surface area contributed by atoms with Gasteiger partial charge >= 0.3 is 5.97 Å². The first-order valence-electron chi connectivity index (χ1n) is 11.3. The maximum absolute atomic E-state index is 13.5. The molecular weight excluding hydrogens is 430 g/mol. The summed E-state index contributed by atoms with van der Waals surface area (Å²) in [5.74, 6) is -1.17. The number of nitrogens with one attached hydrogen (secondary N) is 2. The molecule has 0 bridgehead atoms. The Bertz CT molecular complexity index is 1130. The summed E-state index contributed by atoms with van der Waals surface area (Å²) in [6, 6.07) is 25.5. The number of amides is 2. The molecule has 2 amide bonds. The van der Waals surface area contributed by atoms with Crippen molar-refractivity contribution in [3.63, 3.8) is 0 Å². The highest BCUT2D eigenvalue weighted by molar-refractivity contribution is 6.03. The Morgan fingerprint density at radius 3 is 2.38 bits per heavy atom. The van der Waals surface area contributed by atoms with Crippen LogP contribution in [0.3, 0.4) is 0 Å². The summed E-state index contributed by atoms with van der Waals surface area (Å²) in [4.78, 5) is 40.1. The molecular formula is C27H27N3O4. The van der Waals surface area contributed by atoms with E-state index in [2.05, 4.69) is 10.6 Å². The maximum atomic E-state index is 13.5. The summed E-state index contributed by atoms with van der Waals surface area (Å²) in [6.07, 6.45) is 0.394. The minimum atomic E-state index is -0.921. The van der Waals surface area contributed by atoms with Crippen LogP contribution in [0.4, 0.5) is 11.4 Å². The van der Waals surface area contributed by atoms with Crippen LogP contribution in [0.5, 0.6) is 0 Å². The minimum Gasteiger partial charge on any atom is -0.465 e. The second-order valence-electron chi connectivity index (χ2n) is 8.00. The van der Waals surface area contributed by atoms with Gasteiger partial charge in [0.2, 0.25) is 5.91 Å². The molecule has 7 nitrogen and oxygen atoms in total. The van der Waals surface area contributed by atoms with Crippen molar-refractivity contribution in [1.82, 2.24) is 10.2 Å². The van der Waals surface area contributed by atoms with Crippen molar-refractivity contribution >= 4 is 29.2 Å². The maximum Gasteiger partial charge on any atom is 0.308 e. The zero-order valence-corrected chi connectivity index (χ0v) is 18.8. The molecule has 3 aromatic rings. The van der Waals surface area contributed by atoms with E-state index in [1.54, 1.807) is 12.1 Å². The fourth-order valence-corrected chi connectivity index (χ4v) is 3.92.